The molecular weight excluding hydrogens is 268 g/mol. The number of nitrogens with two attached hydrogens (primary N) is 1. The molecule has 2 rings (SSSR count). The van der Waals surface area contributed by atoms with Gasteiger partial charge < -0.3 is 10.5 Å². The molecule has 6 nitrogen and oxygen atoms in total. The van der Waals surface area contributed by atoms with E-state index < -0.39 is 5.97 Å². The standard InChI is InChI=1S/C12H13ClN4O2/c1-2-17-11(15-7-16-17)6-19-12(18)8-3-4-9(13)10(14)5-8/h3-5,7H,2,6,14H2,1H3. The fourth-order valence-electron chi connectivity index (χ4n) is 1.55. The Labute approximate surface area is 115 Å². The number of benzene rings is 1. The minimum Gasteiger partial charge on any atom is -0.454 e. The Morgan fingerprint density at radius 2 is 2.32 bits per heavy atom. The van der Waals surface area contributed by atoms with Crippen molar-refractivity contribution in [1.29, 1.82) is 0 Å². The van der Waals surface area contributed by atoms with E-state index in [-0.39, 0.29) is 6.61 Å². The van der Waals surface area contributed by atoms with Crippen LogP contribution in [0.3, 0.4) is 0 Å². The van der Waals surface area contributed by atoms with E-state index in [1.807, 2.05) is 6.92 Å². The Balaban J connectivity index is 2.03. The fraction of sp³-hybridized carbons (Fsp3) is 0.250. The number of halogens is 1. The first-order chi connectivity index (χ1) is 9.11. The highest BCUT2D eigenvalue weighted by molar-refractivity contribution is 6.33. The molecule has 0 unspecified atom stereocenters. The molecule has 0 atom stereocenters. The van der Waals surface area contributed by atoms with Crippen LogP contribution in [0.2, 0.25) is 5.02 Å². The monoisotopic (exact) mass is 280 g/mol. The average molecular weight is 281 g/mol. The van der Waals surface area contributed by atoms with E-state index in [1.165, 1.54) is 12.4 Å². The molecule has 0 radical (unpaired) electrons. The molecule has 19 heavy (non-hydrogen) atoms. The van der Waals surface area contributed by atoms with Gasteiger partial charge in [0.15, 0.2) is 12.4 Å². The molecule has 0 fully saturated rings. The Hall–Kier alpha value is -2.08. The van der Waals surface area contributed by atoms with Crippen molar-refractivity contribution in [3.05, 3.63) is 40.9 Å². The summed E-state index contributed by atoms with van der Waals surface area (Å²) in [5, 5.41) is 4.39. The van der Waals surface area contributed by atoms with Gasteiger partial charge in [-0.05, 0) is 25.1 Å². The van der Waals surface area contributed by atoms with Crippen molar-refractivity contribution in [2.45, 2.75) is 20.1 Å². The average Bonchev–Trinajstić information content (AvgIpc) is 2.86. The van der Waals surface area contributed by atoms with Crippen LogP contribution in [0.5, 0.6) is 0 Å². The quantitative estimate of drug-likeness (QED) is 0.683. The molecule has 0 bridgehead atoms. The molecule has 7 heteroatoms. The lowest BCUT2D eigenvalue weighted by Crippen LogP contribution is -2.10. The predicted molar refractivity (Wildman–Crippen MR) is 70.7 cm³/mol. The summed E-state index contributed by atoms with van der Waals surface area (Å²) >= 11 is 5.78. The van der Waals surface area contributed by atoms with Crippen molar-refractivity contribution in [2.75, 3.05) is 5.73 Å². The number of nitrogens with zero attached hydrogens (tertiary/aromatic N) is 3. The Morgan fingerprint density at radius 1 is 1.53 bits per heavy atom. The van der Waals surface area contributed by atoms with E-state index in [0.717, 1.165) is 0 Å². The summed E-state index contributed by atoms with van der Waals surface area (Å²) in [5.74, 6) is 0.117. The van der Waals surface area contributed by atoms with Crippen molar-refractivity contribution >= 4 is 23.3 Å². The largest absolute Gasteiger partial charge is 0.454 e. The van der Waals surface area contributed by atoms with Crippen LogP contribution in [0.4, 0.5) is 5.69 Å². The number of carbonyl (C=O) groups is 1. The van der Waals surface area contributed by atoms with E-state index in [2.05, 4.69) is 10.1 Å². The first-order valence-electron chi connectivity index (χ1n) is 5.70. The second-order valence-electron chi connectivity index (χ2n) is 3.80. The first-order valence-corrected chi connectivity index (χ1v) is 6.08. The van der Waals surface area contributed by atoms with Gasteiger partial charge in [0, 0.05) is 6.54 Å². The number of esters is 1. The summed E-state index contributed by atoms with van der Waals surface area (Å²) < 4.78 is 6.81. The number of aryl methyl sites for hydroxylation is 1. The minimum absolute atomic E-state index is 0.0647. The van der Waals surface area contributed by atoms with E-state index >= 15 is 0 Å². The topological polar surface area (TPSA) is 83.0 Å². The third kappa shape index (κ3) is 3.03. The van der Waals surface area contributed by atoms with Crippen LogP contribution in [0.1, 0.15) is 23.1 Å². The van der Waals surface area contributed by atoms with E-state index in [0.29, 0.717) is 28.6 Å². The zero-order valence-electron chi connectivity index (χ0n) is 10.3. The molecule has 0 saturated heterocycles. The van der Waals surface area contributed by atoms with Crippen molar-refractivity contribution in [3.63, 3.8) is 0 Å². The summed E-state index contributed by atoms with van der Waals surface area (Å²) in [6.07, 6.45) is 1.42. The molecule has 2 aromatic rings. The second kappa shape index (κ2) is 5.71. The van der Waals surface area contributed by atoms with Gasteiger partial charge in [0.25, 0.3) is 0 Å². The van der Waals surface area contributed by atoms with Gasteiger partial charge in [0.05, 0.1) is 16.3 Å². The van der Waals surface area contributed by atoms with Crippen molar-refractivity contribution in [1.82, 2.24) is 14.8 Å². The van der Waals surface area contributed by atoms with Crippen molar-refractivity contribution in [2.24, 2.45) is 0 Å². The molecule has 0 aliphatic heterocycles. The van der Waals surface area contributed by atoms with Gasteiger partial charge in [0.1, 0.15) is 6.33 Å². The van der Waals surface area contributed by atoms with Gasteiger partial charge in [-0.25, -0.2) is 14.5 Å². The van der Waals surface area contributed by atoms with E-state index in [1.54, 1.807) is 16.8 Å². The molecule has 100 valence electrons. The highest BCUT2D eigenvalue weighted by Gasteiger charge is 2.11. The zero-order chi connectivity index (χ0) is 13.8. The van der Waals surface area contributed by atoms with Gasteiger partial charge in [0.2, 0.25) is 0 Å². The lowest BCUT2D eigenvalue weighted by atomic mass is 10.2. The van der Waals surface area contributed by atoms with Crippen LogP contribution in [-0.2, 0) is 17.9 Å². The molecule has 0 aliphatic rings. The zero-order valence-corrected chi connectivity index (χ0v) is 11.1. The number of ether oxygens (including phenoxy) is 1. The number of nitrogen functional groups attached to an aromatic ring is 1. The van der Waals surface area contributed by atoms with Crippen LogP contribution in [0.15, 0.2) is 24.5 Å². The van der Waals surface area contributed by atoms with Crippen LogP contribution in [-0.4, -0.2) is 20.7 Å². The molecule has 0 aliphatic carbocycles. The molecule has 1 heterocycles. The number of rotatable bonds is 4. The maximum Gasteiger partial charge on any atom is 0.338 e. The summed E-state index contributed by atoms with van der Waals surface area (Å²) in [7, 11) is 0. The molecule has 0 spiro atoms. The fourth-order valence-corrected chi connectivity index (χ4v) is 1.67. The summed E-state index contributed by atoms with van der Waals surface area (Å²) in [4.78, 5) is 15.8. The number of anilines is 1. The van der Waals surface area contributed by atoms with Gasteiger partial charge in [-0.2, -0.15) is 5.10 Å². The van der Waals surface area contributed by atoms with E-state index in [4.69, 9.17) is 22.1 Å². The smallest absolute Gasteiger partial charge is 0.338 e. The van der Waals surface area contributed by atoms with Crippen LogP contribution in [0, 0.1) is 0 Å². The highest BCUT2D eigenvalue weighted by Crippen LogP contribution is 2.20. The van der Waals surface area contributed by atoms with Crippen molar-refractivity contribution < 1.29 is 9.53 Å². The van der Waals surface area contributed by atoms with E-state index in [9.17, 15) is 4.79 Å². The maximum absolute atomic E-state index is 11.8. The third-order valence-corrected chi connectivity index (χ3v) is 2.90. The SMILES string of the molecule is CCn1ncnc1COC(=O)c1ccc(Cl)c(N)c1. The molecule has 1 aromatic carbocycles. The minimum atomic E-state index is -0.478. The van der Waals surface area contributed by atoms with Gasteiger partial charge in [-0.1, -0.05) is 11.6 Å². The molecule has 2 N–H and O–H groups in total. The number of hydrogen-bond acceptors (Lipinski definition) is 5. The Bertz CT molecular complexity index is 597. The van der Waals surface area contributed by atoms with Crippen LogP contribution < -0.4 is 5.73 Å². The predicted octanol–water partition coefficient (Wildman–Crippen LogP) is 1.89. The summed E-state index contributed by atoms with van der Waals surface area (Å²) in [5.41, 5.74) is 6.32. The second-order valence-corrected chi connectivity index (χ2v) is 4.21. The van der Waals surface area contributed by atoms with Gasteiger partial charge >= 0.3 is 5.97 Å². The van der Waals surface area contributed by atoms with Gasteiger partial charge in [-0.15, -0.1) is 0 Å². The van der Waals surface area contributed by atoms with Gasteiger partial charge in [-0.3, -0.25) is 0 Å². The lowest BCUT2D eigenvalue weighted by Gasteiger charge is -2.06. The maximum atomic E-state index is 11.8. The number of aromatic nitrogens is 3. The summed E-state index contributed by atoms with van der Waals surface area (Å²) in [6.45, 7) is 2.66. The normalized spacial score (nSPS) is 10.4. The lowest BCUT2D eigenvalue weighted by molar-refractivity contribution is 0.0457. The number of hydrogen-bond donors (Lipinski definition) is 1. The third-order valence-electron chi connectivity index (χ3n) is 2.56. The highest BCUT2D eigenvalue weighted by atomic mass is 35.5. The molecule has 1 aromatic heterocycles. The van der Waals surface area contributed by atoms with Crippen LogP contribution >= 0.6 is 11.6 Å². The van der Waals surface area contributed by atoms with Crippen molar-refractivity contribution in [3.8, 4) is 0 Å². The Morgan fingerprint density at radius 3 is 3.00 bits per heavy atom. The molecule has 0 amide bonds. The number of carbonyl (C=O) groups excluding carboxylic acids is 1. The summed E-state index contributed by atoms with van der Waals surface area (Å²) in [6, 6.07) is 4.60. The first kappa shape index (κ1) is 13.4. The van der Waals surface area contributed by atoms with Crippen LogP contribution in [0.25, 0.3) is 0 Å². The Kier molecular flexibility index (Phi) is 4.01. The molecule has 0 saturated carbocycles. The molecular formula is C12H13ClN4O2.